The molecule has 4 heteroatoms. The number of rotatable bonds is 5. The molecule has 1 aliphatic heterocycles. The third kappa shape index (κ3) is 5.15. The lowest BCUT2D eigenvalue weighted by Gasteiger charge is -2.34. The minimum Gasteiger partial charge on any atom is -0.342 e. The number of hydrogen-bond acceptors (Lipinski definition) is 2. The minimum absolute atomic E-state index is 0. The fourth-order valence-corrected chi connectivity index (χ4v) is 2.28. The molecule has 1 rings (SSSR count). The molecule has 1 amide bonds. The van der Waals surface area contributed by atoms with E-state index in [2.05, 4.69) is 37.9 Å². The first-order valence-electron chi connectivity index (χ1n) is 7.05. The molecule has 1 aliphatic rings. The average Bonchev–Trinajstić information content (AvgIpc) is 2.35. The zero-order valence-electron chi connectivity index (χ0n) is 12.2. The summed E-state index contributed by atoms with van der Waals surface area (Å²) in [5, 5.41) is 3.40. The van der Waals surface area contributed by atoms with Gasteiger partial charge in [0, 0.05) is 19.0 Å². The zero-order chi connectivity index (χ0) is 12.8. The number of piperidine rings is 1. The molecule has 1 atom stereocenters. The Morgan fingerprint density at radius 1 is 1.28 bits per heavy atom. The molecule has 1 unspecified atom stereocenters. The van der Waals surface area contributed by atoms with E-state index >= 15 is 0 Å². The van der Waals surface area contributed by atoms with E-state index in [0.717, 1.165) is 44.9 Å². The number of nitrogens with one attached hydrogen (secondary N) is 1. The Morgan fingerprint density at radius 3 is 2.28 bits per heavy atom. The van der Waals surface area contributed by atoms with Crippen LogP contribution in [0.15, 0.2) is 0 Å². The van der Waals surface area contributed by atoms with Crippen LogP contribution in [0.2, 0.25) is 0 Å². The molecule has 0 saturated carbocycles. The Balaban J connectivity index is 0.00000289. The van der Waals surface area contributed by atoms with Gasteiger partial charge in [-0.25, -0.2) is 0 Å². The molecule has 1 fully saturated rings. The number of likely N-dealkylation sites (tertiary alicyclic amines) is 1. The normalized spacial score (nSPS) is 18.6. The Bertz CT molecular complexity index is 238. The van der Waals surface area contributed by atoms with Crippen molar-refractivity contribution in [3.63, 3.8) is 0 Å². The summed E-state index contributed by atoms with van der Waals surface area (Å²) in [7, 11) is 0. The predicted molar refractivity (Wildman–Crippen MR) is 79.1 cm³/mol. The minimum atomic E-state index is 0. The van der Waals surface area contributed by atoms with Gasteiger partial charge >= 0.3 is 0 Å². The smallest absolute Gasteiger partial charge is 0.225 e. The van der Waals surface area contributed by atoms with Gasteiger partial charge in [0.2, 0.25) is 5.91 Å². The molecule has 0 bridgehead atoms. The van der Waals surface area contributed by atoms with E-state index in [-0.39, 0.29) is 18.3 Å². The van der Waals surface area contributed by atoms with Crippen LogP contribution in [0.4, 0.5) is 0 Å². The van der Waals surface area contributed by atoms with Crippen molar-refractivity contribution in [3.8, 4) is 0 Å². The van der Waals surface area contributed by atoms with Gasteiger partial charge in [-0.2, -0.15) is 0 Å². The van der Waals surface area contributed by atoms with Crippen LogP contribution >= 0.6 is 12.4 Å². The monoisotopic (exact) mass is 276 g/mol. The summed E-state index contributed by atoms with van der Waals surface area (Å²) >= 11 is 0. The van der Waals surface area contributed by atoms with Gasteiger partial charge in [-0.15, -0.1) is 12.4 Å². The number of nitrogens with zero attached hydrogens (tertiary/aromatic N) is 1. The number of amides is 1. The first kappa shape index (κ1) is 17.7. The summed E-state index contributed by atoms with van der Waals surface area (Å²) in [6.45, 7) is 12.5. The van der Waals surface area contributed by atoms with Crippen LogP contribution in [-0.2, 0) is 4.79 Å². The maximum atomic E-state index is 12.2. The Labute approximate surface area is 118 Å². The van der Waals surface area contributed by atoms with E-state index in [1.165, 1.54) is 0 Å². The highest BCUT2D eigenvalue weighted by molar-refractivity contribution is 5.85. The Morgan fingerprint density at radius 2 is 1.83 bits per heavy atom. The summed E-state index contributed by atoms with van der Waals surface area (Å²) in [6.07, 6.45) is 2.31. The highest BCUT2D eigenvalue weighted by atomic mass is 35.5. The van der Waals surface area contributed by atoms with Gasteiger partial charge in [-0.3, -0.25) is 4.79 Å². The summed E-state index contributed by atoms with van der Waals surface area (Å²) in [4.78, 5) is 14.2. The molecule has 18 heavy (non-hydrogen) atoms. The van der Waals surface area contributed by atoms with Gasteiger partial charge in [0.1, 0.15) is 0 Å². The van der Waals surface area contributed by atoms with Crippen LogP contribution in [0.3, 0.4) is 0 Å². The van der Waals surface area contributed by atoms with Gasteiger partial charge in [0.15, 0.2) is 0 Å². The van der Waals surface area contributed by atoms with E-state index in [1.54, 1.807) is 0 Å². The second kappa shape index (κ2) is 8.76. The molecule has 108 valence electrons. The van der Waals surface area contributed by atoms with Crippen LogP contribution in [0.1, 0.15) is 40.5 Å². The molecule has 1 N–H and O–H groups in total. The first-order valence-corrected chi connectivity index (χ1v) is 7.05. The number of halogens is 1. The van der Waals surface area contributed by atoms with E-state index in [0.29, 0.717) is 11.8 Å². The molecule has 1 saturated heterocycles. The Hall–Kier alpha value is -0.280. The third-order valence-electron chi connectivity index (χ3n) is 4.00. The van der Waals surface area contributed by atoms with E-state index in [1.807, 2.05) is 0 Å². The molecule has 0 radical (unpaired) electrons. The maximum Gasteiger partial charge on any atom is 0.225 e. The second-order valence-electron chi connectivity index (χ2n) is 5.61. The Kier molecular flexibility index (Phi) is 8.62. The molecule has 0 aromatic carbocycles. The van der Waals surface area contributed by atoms with E-state index in [9.17, 15) is 4.79 Å². The van der Waals surface area contributed by atoms with E-state index in [4.69, 9.17) is 0 Å². The van der Waals surface area contributed by atoms with Crippen molar-refractivity contribution in [2.45, 2.75) is 40.5 Å². The van der Waals surface area contributed by atoms with Crippen molar-refractivity contribution in [1.82, 2.24) is 10.2 Å². The lowest BCUT2D eigenvalue weighted by molar-refractivity contribution is -0.137. The van der Waals surface area contributed by atoms with Crippen LogP contribution in [0.25, 0.3) is 0 Å². The quantitative estimate of drug-likeness (QED) is 0.837. The molecule has 1 heterocycles. The van der Waals surface area contributed by atoms with Crippen LogP contribution < -0.4 is 5.32 Å². The number of hydrogen-bond donors (Lipinski definition) is 1. The summed E-state index contributed by atoms with van der Waals surface area (Å²) in [6, 6.07) is 0. The van der Waals surface area contributed by atoms with Crippen molar-refractivity contribution in [3.05, 3.63) is 0 Å². The van der Waals surface area contributed by atoms with Gasteiger partial charge in [0.25, 0.3) is 0 Å². The van der Waals surface area contributed by atoms with Crippen molar-refractivity contribution < 1.29 is 4.79 Å². The topological polar surface area (TPSA) is 32.3 Å². The zero-order valence-corrected chi connectivity index (χ0v) is 13.1. The lowest BCUT2D eigenvalue weighted by atomic mass is 9.92. The van der Waals surface area contributed by atoms with Crippen molar-refractivity contribution in [1.29, 1.82) is 0 Å². The second-order valence-corrected chi connectivity index (χ2v) is 5.61. The predicted octanol–water partition coefficient (Wildman–Crippen LogP) is 2.55. The molecule has 0 spiro atoms. The fourth-order valence-electron chi connectivity index (χ4n) is 2.28. The first-order chi connectivity index (χ1) is 8.06. The highest BCUT2D eigenvalue weighted by Crippen LogP contribution is 2.20. The SMILES string of the molecule is CCNCC1CCN(C(=O)C(C)C(C)C)CC1.Cl. The highest BCUT2D eigenvalue weighted by Gasteiger charge is 2.26. The summed E-state index contributed by atoms with van der Waals surface area (Å²) < 4.78 is 0. The van der Waals surface area contributed by atoms with E-state index < -0.39 is 0 Å². The number of carbonyl (C=O) groups is 1. The largest absolute Gasteiger partial charge is 0.342 e. The summed E-state index contributed by atoms with van der Waals surface area (Å²) in [5.41, 5.74) is 0. The van der Waals surface area contributed by atoms with Gasteiger partial charge in [-0.1, -0.05) is 27.7 Å². The van der Waals surface area contributed by atoms with Crippen LogP contribution in [0, 0.1) is 17.8 Å². The van der Waals surface area contributed by atoms with Gasteiger partial charge in [0.05, 0.1) is 0 Å². The summed E-state index contributed by atoms with van der Waals surface area (Å²) in [5.74, 6) is 1.72. The molecular formula is C14H29ClN2O. The van der Waals surface area contributed by atoms with Crippen LogP contribution in [-0.4, -0.2) is 37.0 Å². The van der Waals surface area contributed by atoms with Crippen molar-refractivity contribution >= 4 is 18.3 Å². The van der Waals surface area contributed by atoms with Gasteiger partial charge in [-0.05, 0) is 37.8 Å². The van der Waals surface area contributed by atoms with Crippen molar-refractivity contribution in [2.24, 2.45) is 17.8 Å². The molecule has 0 aromatic heterocycles. The molecule has 3 nitrogen and oxygen atoms in total. The van der Waals surface area contributed by atoms with Gasteiger partial charge < -0.3 is 10.2 Å². The lowest BCUT2D eigenvalue weighted by Crippen LogP contribution is -2.43. The third-order valence-corrected chi connectivity index (χ3v) is 4.00. The standard InChI is InChI=1S/C14H28N2O.ClH/c1-5-15-10-13-6-8-16(9-7-13)14(17)12(4)11(2)3;/h11-13,15H,5-10H2,1-4H3;1H. The fraction of sp³-hybridized carbons (Fsp3) is 0.929. The molecular weight excluding hydrogens is 248 g/mol. The maximum absolute atomic E-state index is 12.2. The number of carbonyl (C=O) groups excluding carboxylic acids is 1. The average molecular weight is 277 g/mol. The molecule has 0 aliphatic carbocycles. The molecule has 0 aromatic rings. The van der Waals surface area contributed by atoms with Crippen LogP contribution in [0.5, 0.6) is 0 Å². The van der Waals surface area contributed by atoms with Crippen molar-refractivity contribution in [2.75, 3.05) is 26.2 Å².